The van der Waals surface area contributed by atoms with E-state index in [2.05, 4.69) is 4.98 Å². The summed E-state index contributed by atoms with van der Waals surface area (Å²) in [4.78, 5) is 14.2. The van der Waals surface area contributed by atoms with Crippen LogP contribution in [0.3, 0.4) is 0 Å². The molecule has 1 saturated heterocycles. The van der Waals surface area contributed by atoms with Gasteiger partial charge in [0.1, 0.15) is 12.3 Å². The predicted molar refractivity (Wildman–Crippen MR) is 85.7 cm³/mol. The van der Waals surface area contributed by atoms with Crippen molar-refractivity contribution in [2.45, 2.75) is 58.2 Å². The Morgan fingerprint density at radius 1 is 1.50 bits per heavy atom. The third-order valence-corrected chi connectivity index (χ3v) is 3.93. The summed E-state index contributed by atoms with van der Waals surface area (Å²) in [6.45, 7) is 8.20. The molecule has 1 N–H and O–H groups in total. The summed E-state index contributed by atoms with van der Waals surface area (Å²) in [6, 6.07) is 0. The van der Waals surface area contributed by atoms with Crippen LogP contribution < -0.4 is 5.56 Å². The first-order valence-corrected chi connectivity index (χ1v) is 7.76. The largest absolute Gasteiger partial charge is 0.378 e. The number of ether oxygens (including phenoxy) is 3. The van der Waals surface area contributed by atoms with E-state index in [1.54, 1.807) is 24.8 Å². The van der Waals surface area contributed by atoms with Gasteiger partial charge in [-0.3, -0.25) is 14.3 Å². The van der Waals surface area contributed by atoms with Gasteiger partial charge in [-0.25, -0.2) is 0 Å². The molecule has 0 bridgehead atoms. The van der Waals surface area contributed by atoms with Gasteiger partial charge in [0, 0.05) is 25.3 Å². The van der Waals surface area contributed by atoms with Crippen molar-refractivity contribution in [2.75, 3.05) is 13.7 Å². The van der Waals surface area contributed by atoms with Crippen molar-refractivity contribution in [1.29, 1.82) is 0 Å². The van der Waals surface area contributed by atoms with E-state index < -0.39 is 0 Å². The summed E-state index contributed by atoms with van der Waals surface area (Å²) in [6.07, 6.45) is 1.89. The number of aromatic amines is 1. The second-order valence-electron chi connectivity index (χ2n) is 6.54. The van der Waals surface area contributed by atoms with E-state index in [4.69, 9.17) is 26.4 Å². The molecule has 2 heterocycles. The van der Waals surface area contributed by atoms with Crippen LogP contribution >= 0.6 is 12.2 Å². The maximum Gasteiger partial charge on any atom is 0.254 e. The zero-order valence-corrected chi connectivity index (χ0v) is 14.5. The van der Waals surface area contributed by atoms with Crippen LogP contribution in [0.2, 0.25) is 0 Å². The van der Waals surface area contributed by atoms with Crippen molar-refractivity contribution >= 4 is 12.2 Å². The summed E-state index contributed by atoms with van der Waals surface area (Å²) in [5.74, 6) is 0. The molecule has 3 atom stereocenters. The monoisotopic (exact) mass is 328 g/mol. The third kappa shape index (κ3) is 4.04. The molecule has 0 radical (unpaired) electrons. The molecule has 2 rings (SSSR count). The van der Waals surface area contributed by atoms with Gasteiger partial charge in [-0.05, 0) is 39.9 Å². The van der Waals surface area contributed by atoms with Crippen molar-refractivity contribution in [3.8, 4) is 0 Å². The normalized spacial score (nSPS) is 25.6. The summed E-state index contributed by atoms with van der Waals surface area (Å²) < 4.78 is 19.5. The molecule has 0 aromatic carbocycles. The summed E-state index contributed by atoms with van der Waals surface area (Å²) in [5, 5.41) is 0. The highest BCUT2D eigenvalue weighted by Crippen LogP contribution is 2.31. The fourth-order valence-electron chi connectivity index (χ4n) is 2.40. The van der Waals surface area contributed by atoms with E-state index in [1.165, 1.54) is 0 Å². The maximum atomic E-state index is 11.6. The van der Waals surface area contributed by atoms with Gasteiger partial charge in [0.05, 0.1) is 18.3 Å². The first kappa shape index (κ1) is 17.3. The third-order valence-electron chi connectivity index (χ3n) is 3.62. The van der Waals surface area contributed by atoms with Gasteiger partial charge in [0.2, 0.25) is 0 Å². The summed E-state index contributed by atoms with van der Waals surface area (Å²) in [5.41, 5.74) is 0.195. The Morgan fingerprint density at radius 3 is 2.77 bits per heavy atom. The van der Waals surface area contributed by atoms with Gasteiger partial charge in [-0.2, -0.15) is 0 Å². The number of rotatable bonds is 4. The molecule has 6 nitrogen and oxygen atoms in total. The average molecular weight is 328 g/mol. The van der Waals surface area contributed by atoms with Gasteiger partial charge in [0.15, 0.2) is 4.77 Å². The van der Waals surface area contributed by atoms with Crippen LogP contribution in [0.15, 0.2) is 11.0 Å². The Labute approximate surface area is 135 Å². The lowest BCUT2D eigenvalue weighted by Gasteiger charge is -2.24. The fourth-order valence-corrected chi connectivity index (χ4v) is 2.66. The highest BCUT2D eigenvalue weighted by molar-refractivity contribution is 7.71. The van der Waals surface area contributed by atoms with E-state index in [1.807, 2.05) is 20.8 Å². The molecule has 22 heavy (non-hydrogen) atoms. The molecular formula is C15H24N2O4S. The molecule has 0 amide bonds. The van der Waals surface area contributed by atoms with Crippen LogP contribution in [-0.4, -0.2) is 41.1 Å². The van der Waals surface area contributed by atoms with Crippen molar-refractivity contribution in [3.05, 3.63) is 26.9 Å². The number of hydrogen-bond acceptors (Lipinski definition) is 5. The zero-order chi connectivity index (χ0) is 16.5. The van der Waals surface area contributed by atoms with Gasteiger partial charge >= 0.3 is 0 Å². The minimum atomic E-state index is -0.262. The highest BCUT2D eigenvalue weighted by Gasteiger charge is 2.37. The number of methoxy groups -OCH3 is 1. The number of H-pyrrole nitrogens is 1. The van der Waals surface area contributed by atoms with Crippen molar-refractivity contribution in [1.82, 2.24) is 9.55 Å². The lowest BCUT2D eigenvalue weighted by Crippen LogP contribution is -2.32. The second-order valence-corrected chi connectivity index (χ2v) is 6.93. The van der Waals surface area contributed by atoms with Crippen LogP contribution in [0.25, 0.3) is 0 Å². The fraction of sp³-hybridized carbons (Fsp3) is 0.733. The Kier molecular flexibility index (Phi) is 5.21. The molecule has 0 aliphatic carbocycles. The quantitative estimate of drug-likeness (QED) is 0.859. The molecule has 1 aliphatic heterocycles. The molecule has 0 spiro atoms. The molecule has 124 valence electrons. The first-order chi connectivity index (χ1) is 10.2. The van der Waals surface area contributed by atoms with E-state index in [9.17, 15) is 4.79 Å². The molecule has 1 aliphatic rings. The Bertz CT molecular complexity index is 632. The van der Waals surface area contributed by atoms with E-state index in [0.29, 0.717) is 23.4 Å². The number of hydrogen-bond donors (Lipinski definition) is 1. The molecule has 1 aromatic rings. The lowest BCUT2D eigenvalue weighted by atomic mass is 10.1. The maximum absolute atomic E-state index is 11.6. The van der Waals surface area contributed by atoms with Crippen LogP contribution in [0.5, 0.6) is 0 Å². The predicted octanol–water partition coefficient (Wildman–Crippen LogP) is 2.33. The smallest absolute Gasteiger partial charge is 0.254 e. The van der Waals surface area contributed by atoms with Gasteiger partial charge in [-0.15, -0.1) is 0 Å². The number of aromatic nitrogens is 2. The molecule has 1 aromatic heterocycles. The van der Waals surface area contributed by atoms with Crippen LogP contribution in [0.4, 0.5) is 0 Å². The Morgan fingerprint density at radius 2 is 2.18 bits per heavy atom. The second kappa shape index (κ2) is 6.62. The van der Waals surface area contributed by atoms with Crippen molar-refractivity contribution in [3.63, 3.8) is 0 Å². The zero-order valence-electron chi connectivity index (χ0n) is 13.7. The summed E-state index contributed by atoms with van der Waals surface area (Å²) in [7, 11) is 1.66. The molecule has 0 saturated carbocycles. The minimum absolute atomic E-state index is 0.0681. The van der Waals surface area contributed by atoms with Gasteiger partial charge in [-0.1, -0.05) is 0 Å². The van der Waals surface area contributed by atoms with E-state index in [0.717, 1.165) is 0 Å². The average Bonchev–Trinajstić information content (AvgIpc) is 2.83. The molecule has 1 unspecified atom stereocenters. The standard InChI is InChI=1S/C15H24N2O4S/c1-9-7-17(14(22)16-13(9)18)12-6-10(19-5)11(21-12)8-20-15(2,3)4/h7,10-12H,6,8H2,1-5H3,(H,16,18,22)/t10?,11-,12-/m1/s1. The van der Waals surface area contributed by atoms with Crippen LogP contribution in [0.1, 0.15) is 39.0 Å². The topological polar surface area (TPSA) is 65.5 Å². The van der Waals surface area contributed by atoms with Crippen LogP contribution in [-0.2, 0) is 14.2 Å². The number of aryl methyl sites for hydroxylation is 1. The van der Waals surface area contributed by atoms with Crippen molar-refractivity contribution < 1.29 is 14.2 Å². The molecule has 7 heteroatoms. The van der Waals surface area contributed by atoms with Crippen molar-refractivity contribution in [2.24, 2.45) is 0 Å². The summed E-state index contributed by atoms with van der Waals surface area (Å²) >= 11 is 5.23. The highest BCUT2D eigenvalue weighted by atomic mass is 32.1. The minimum Gasteiger partial charge on any atom is -0.378 e. The Balaban J connectivity index is 2.16. The van der Waals surface area contributed by atoms with Gasteiger partial charge < -0.3 is 14.2 Å². The first-order valence-electron chi connectivity index (χ1n) is 7.35. The van der Waals surface area contributed by atoms with Crippen LogP contribution in [0, 0.1) is 11.7 Å². The molecular weight excluding hydrogens is 304 g/mol. The lowest BCUT2D eigenvalue weighted by molar-refractivity contribution is -0.104. The van der Waals surface area contributed by atoms with Gasteiger partial charge in [0.25, 0.3) is 5.56 Å². The van der Waals surface area contributed by atoms with E-state index in [-0.39, 0.29) is 29.6 Å². The SMILES string of the molecule is COC1C[C@H](n2cc(C)c(=O)[nH]c2=S)O[C@@H]1COC(C)(C)C. The molecule has 1 fully saturated rings. The number of nitrogens with zero attached hydrogens (tertiary/aromatic N) is 1. The number of nitrogens with one attached hydrogen (secondary N) is 1. The van der Waals surface area contributed by atoms with E-state index >= 15 is 0 Å². The Hall–Kier alpha value is -1.02.